The van der Waals surface area contributed by atoms with E-state index in [4.69, 9.17) is 5.73 Å². The standard InChI is InChI=1S/C7H15NS/c1-6(8)7-4-2-3-5-9-7/h6-7H,2-5,8H2,1H3/t6-,7?/m1/s1. The normalized spacial score (nSPS) is 32.0. The van der Waals surface area contributed by atoms with E-state index in [1.54, 1.807) is 0 Å². The van der Waals surface area contributed by atoms with E-state index in [2.05, 4.69) is 6.92 Å². The minimum atomic E-state index is 0.398. The van der Waals surface area contributed by atoms with Gasteiger partial charge >= 0.3 is 0 Å². The number of hydrogen-bond donors (Lipinski definition) is 1. The second kappa shape index (κ2) is 3.47. The van der Waals surface area contributed by atoms with Crippen LogP contribution in [0.25, 0.3) is 0 Å². The minimum absolute atomic E-state index is 0.398. The Kier molecular flexibility index (Phi) is 2.86. The smallest absolute Gasteiger partial charge is 0.0196 e. The van der Waals surface area contributed by atoms with Crippen molar-refractivity contribution in [2.75, 3.05) is 5.75 Å². The Morgan fingerprint density at radius 2 is 2.33 bits per heavy atom. The van der Waals surface area contributed by atoms with Crippen molar-refractivity contribution in [1.29, 1.82) is 0 Å². The third kappa shape index (κ3) is 2.18. The fourth-order valence-corrected chi connectivity index (χ4v) is 2.49. The van der Waals surface area contributed by atoms with Gasteiger partial charge in [0, 0.05) is 11.3 Å². The lowest BCUT2D eigenvalue weighted by Gasteiger charge is -2.23. The molecule has 0 radical (unpaired) electrons. The van der Waals surface area contributed by atoms with Gasteiger partial charge in [0.15, 0.2) is 0 Å². The molecule has 0 spiro atoms. The van der Waals surface area contributed by atoms with Gasteiger partial charge in [-0.15, -0.1) is 0 Å². The predicted molar refractivity (Wildman–Crippen MR) is 43.7 cm³/mol. The number of nitrogens with two attached hydrogens (primary N) is 1. The van der Waals surface area contributed by atoms with E-state index in [1.165, 1.54) is 25.0 Å². The second-order valence-corrected chi connectivity index (χ2v) is 4.11. The molecule has 0 aromatic rings. The average molecular weight is 145 g/mol. The van der Waals surface area contributed by atoms with Gasteiger partial charge in [-0.1, -0.05) is 6.42 Å². The molecule has 2 heteroatoms. The third-order valence-corrected chi connectivity index (χ3v) is 3.42. The van der Waals surface area contributed by atoms with Crippen LogP contribution in [0.2, 0.25) is 0 Å². The van der Waals surface area contributed by atoms with Crippen molar-refractivity contribution in [1.82, 2.24) is 0 Å². The van der Waals surface area contributed by atoms with E-state index in [0.29, 0.717) is 6.04 Å². The molecule has 0 aliphatic carbocycles. The Morgan fingerprint density at radius 1 is 1.56 bits per heavy atom. The van der Waals surface area contributed by atoms with E-state index in [-0.39, 0.29) is 0 Å². The lowest BCUT2D eigenvalue weighted by Crippen LogP contribution is -2.30. The molecule has 0 amide bonds. The van der Waals surface area contributed by atoms with Gasteiger partial charge in [0.1, 0.15) is 0 Å². The van der Waals surface area contributed by atoms with Crippen molar-refractivity contribution < 1.29 is 0 Å². The Bertz CT molecular complexity index is 77.0. The maximum atomic E-state index is 5.75. The minimum Gasteiger partial charge on any atom is -0.327 e. The first kappa shape index (κ1) is 7.42. The van der Waals surface area contributed by atoms with Gasteiger partial charge in [-0.25, -0.2) is 0 Å². The molecule has 0 saturated carbocycles. The van der Waals surface area contributed by atoms with Crippen LogP contribution in [0.1, 0.15) is 26.2 Å². The summed E-state index contributed by atoms with van der Waals surface area (Å²) < 4.78 is 0. The summed E-state index contributed by atoms with van der Waals surface area (Å²) in [5, 5.41) is 0.749. The van der Waals surface area contributed by atoms with Crippen LogP contribution in [0, 0.1) is 0 Å². The van der Waals surface area contributed by atoms with Crippen molar-refractivity contribution in [2.24, 2.45) is 5.73 Å². The quantitative estimate of drug-likeness (QED) is 0.607. The zero-order valence-corrected chi connectivity index (χ0v) is 6.79. The van der Waals surface area contributed by atoms with Gasteiger partial charge in [0.2, 0.25) is 0 Å². The SMILES string of the molecule is C[C@@H](N)C1CCCCS1. The monoisotopic (exact) mass is 145 g/mol. The number of thioether (sulfide) groups is 1. The lowest BCUT2D eigenvalue weighted by atomic mass is 10.1. The number of rotatable bonds is 1. The molecule has 54 valence electrons. The summed E-state index contributed by atoms with van der Waals surface area (Å²) in [6, 6.07) is 0.398. The highest BCUT2D eigenvalue weighted by Crippen LogP contribution is 2.26. The van der Waals surface area contributed by atoms with Crippen LogP contribution >= 0.6 is 11.8 Å². The Labute approximate surface area is 61.4 Å². The molecule has 9 heavy (non-hydrogen) atoms. The van der Waals surface area contributed by atoms with Crippen molar-refractivity contribution in [2.45, 2.75) is 37.5 Å². The zero-order chi connectivity index (χ0) is 6.69. The van der Waals surface area contributed by atoms with E-state index in [1.807, 2.05) is 11.8 Å². The lowest BCUT2D eigenvalue weighted by molar-refractivity contribution is 0.592. The van der Waals surface area contributed by atoms with Gasteiger partial charge in [0.25, 0.3) is 0 Å². The second-order valence-electron chi connectivity index (χ2n) is 2.76. The summed E-state index contributed by atoms with van der Waals surface area (Å²) >= 11 is 2.05. The molecule has 1 aliphatic heterocycles. The predicted octanol–water partition coefficient (Wildman–Crippen LogP) is 1.62. The van der Waals surface area contributed by atoms with Crippen LogP contribution in [-0.2, 0) is 0 Å². The molecule has 1 rings (SSSR count). The highest BCUT2D eigenvalue weighted by Gasteiger charge is 2.16. The highest BCUT2D eigenvalue weighted by atomic mass is 32.2. The van der Waals surface area contributed by atoms with Crippen LogP contribution in [0.15, 0.2) is 0 Å². The first-order valence-corrected chi connectivity index (χ1v) is 4.73. The van der Waals surface area contributed by atoms with Crippen LogP contribution in [-0.4, -0.2) is 17.0 Å². The Hall–Kier alpha value is 0.310. The van der Waals surface area contributed by atoms with E-state index < -0.39 is 0 Å². The zero-order valence-electron chi connectivity index (χ0n) is 5.97. The maximum Gasteiger partial charge on any atom is 0.0196 e. The largest absolute Gasteiger partial charge is 0.327 e. The molecule has 0 aromatic carbocycles. The molecule has 1 fully saturated rings. The van der Waals surface area contributed by atoms with Crippen LogP contribution in [0.5, 0.6) is 0 Å². The summed E-state index contributed by atoms with van der Waals surface area (Å²) in [6.07, 6.45) is 4.12. The van der Waals surface area contributed by atoms with Gasteiger partial charge in [-0.05, 0) is 25.5 Å². The molecule has 0 bridgehead atoms. The topological polar surface area (TPSA) is 26.0 Å². The molecule has 1 saturated heterocycles. The van der Waals surface area contributed by atoms with Crippen LogP contribution < -0.4 is 5.73 Å². The average Bonchev–Trinajstić information content (AvgIpc) is 1.90. The van der Waals surface area contributed by atoms with Crippen molar-refractivity contribution in [3.63, 3.8) is 0 Å². The van der Waals surface area contributed by atoms with Gasteiger partial charge < -0.3 is 5.73 Å². The fourth-order valence-electron chi connectivity index (χ4n) is 1.18. The number of hydrogen-bond acceptors (Lipinski definition) is 2. The molecule has 0 aromatic heterocycles. The third-order valence-electron chi connectivity index (χ3n) is 1.80. The molecule has 2 atom stereocenters. The maximum absolute atomic E-state index is 5.75. The molecular formula is C7H15NS. The first-order valence-electron chi connectivity index (χ1n) is 3.68. The highest BCUT2D eigenvalue weighted by molar-refractivity contribution is 8.00. The molecule has 1 nitrogen and oxygen atoms in total. The summed E-state index contributed by atoms with van der Waals surface area (Å²) in [7, 11) is 0. The molecule has 1 heterocycles. The van der Waals surface area contributed by atoms with Crippen LogP contribution in [0.4, 0.5) is 0 Å². The van der Waals surface area contributed by atoms with Crippen molar-refractivity contribution >= 4 is 11.8 Å². The molecule has 2 N–H and O–H groups in total. The summed E-state index contributed by atoms with van der Waals surface area (Å²) in [6.45, 7) is 2.11. The van der Waals surface area contributed by atoms with E-state index >= 15 is 0 Å². The van der Waals surface area contributed by atoms with E-state index in [9.17, 15) is 0 Å². The Morgan fingerprint density at radius 3 is 2.67 bits per heavy atom. The van der Waals surface area contributed by atoms with Crippen molar-refractivity contribution in [3.05, 3.63) is 0 Å². The van der Waals surface area contributed by atoms with E-state index in [0.717, 1.165) is 5.25 Å². The summed E-state index contributed by atoms with van der Waals surface area (Å²) in [4.78, 5) is 0. The first-order chi connectivity index (χ1) is 4.30. The summed E-state index contributed by atoms with van der Waals surface area (Å²) in [5.74, 6) is 1.33. The summed E-state index contributed by atoms with van der Waals surface area (Å²) in [5.41, 5.74) is 5.75. The molecule has 1 unspecified atom stereocenters. The molecule has 1 aliphatic rings. The fraction of sp³-hybridized carbons (Fsp3) is 1.00. The van der Waals surface area contributed by atoms with Gasteiger partial charge in [-0.2, -0.15) is 11.8 Å². The van der Waals surface area contributed by atoms with Gasteiger partial charge in [0.05, 0.1) is 0 Å². The van der Waals surface area contributed by atoms with Gasteiger partial charge in [-0.3, -0.25) is 0 Å². The van der Waals surface area contributed by atoms with Crippen molar-refractivity contribution in [3.8, 4) is 0 Å². The Balaban J connectivity index is 2.23. The van der Waals surface area contributed by atoms with Crippen LogP contribution in [0.3, 0.4) is 0 Å². The molecular weight excluding hydrogens is 130 g/mol.